The molecule has 0 saturated carbocycles. The highest BCUT2D eigenvalue weighted by atomic mass is 35.5. The van der Waals surface area contributed by atoms with Crippen LogP contribution in [0.5, 0.6) is 23.0 Å². The summed E-state index contributed by atoms with van der Waals surface area (Å²) in [6.07, 6.45) is 0. The summed E-state index contributed by atoms with van der Waals surface area (Å²) < 4.78 is 23.2. The summed E-state index contributed by atoms with van der Waals surface area (Å²) in [4.78, 5) is 23.2. The lowest BCUT2D eigenvalue weighted by Crippen LogP contribution is -2.08. The number of hydrogen-bond acceptors (Lipinski definition) is 6. The summed E-state index contributed by atoms with van der Waals surface area (Å²) >= 11 is 24.5. The van der Waals surface area contributed by atoms with Crippen molar-refractivity contribution in [3.05, 3.63) is 187 Å². The fourth-order valence-electron chi connectivity index (χ4n) is 5.04. The van der Waals surface area contributed by atoms with E-state index in [2.05, 4.69) is 0 Å². The molecule has 0 aliphatic rings. The number of halogens is 4. The summed E-state index contributed by atoms with van der Waals surface area (Å²) in [7, 11) is 0. The third-order valence-electron chi connectivity index (χ3n) is 7.75. The van der Waals surface area contributed by atoms with Crippen molar-refractivity contribution in [2.24, 2.45) is 0 Å². The third kappa shape index (κ3) is 10.8. The molecule has 0 radical (unpaired) electrons. The number of aromatic carboxylic acids is 2. The standard InChI is InChI=1S/2C21H16Cl2O4/c2*22-17-9-2-1-6-14(17)12-27-20-15(7-5-8-16(20)21(24)25)13-26-19-11-4-3-10-18(19)23/h2*1-11H,12-13H2,(H,24,25). The number of carbonyl (C=O) groups is 2. The molecule has 0 fully saturated rings. The maximum atomic E-state index is 11.6. The molecule has 0 amide bonds. The van der Waals surface area contributed by atoms with Gasteiger partial charge in [-0.05, 0) is 48.5 Å². The van der Waals surface area contributed by atoms with E-state index in [-0.39, 0.29) is 49.1 Å². The number of carboxylic acids is 2. The van der Waals surface area contributed by atoms with Gasteiger partial charge in [0.25, 0.3) is 0 Å². The van der Waals surface area contributed by atoms with Crippen LogP contribution in [0.2, 0.25) is 20.1 Å². The van der Waals surface area contributed by atoms with Crippen LogP contribution in [0.1, 0.15) is 43.0 Å². The molecule has 8 nitrogen and oxygen atoms in total. The van der Waals surface area contributed by atoms with Gasteiger partial charge in [0.2, 0.25) is 0 Å². The minimum atomic E-state index is -1.08. The number of ether oxygens (including phenoxy) is 4. The van der Waals surface area contributed by atoms with Gasteiger partial charge in [0, 0.05) is 32.3 Å². The van der Waals surface area contributed by atoms with Crippen molar-refractivity contribution < 1.29 is 38.7 Å². The van der Waals surface area contributed by atoms with Crippen LogP contribution in [0.4, 0.5) is 0 Å². The second-order valence-corrected chi connectivity index (χ2v) is 13.0. The molecule has 0 unspecified atom stereocenters. The minimum absolute atomic E-state index is 0.0577. The van der Waals surface area contributed by atoms with Gasteiger partial charge in [0.15, 0.2) is 0 Å². The van der Waals surface area contributed by atoms with E-state index in [4.69, 9.17) is 65.4 Å². The highest BCUT2D eigenvalue weighted by Gasteiger charge is 2.19. The highest BCUT2D eigenvalue weighted by Crippen LogP contribution is 2.32. The average Bonchev–Trinajstić information content (AvgIpc) is 3.17. The van der Waals surface area contributed by atoms with Crippen LogP contribution >= 0.6 is 46.4 Å². The predicted molar refractivity (Wildman–Crippen MR) is 210 cm³/mol. The smallest absolute Gasteiger partial charge is 0.339 e. The lowest BCUT2D eigenvalue weighted by Gasteiger charge is -2.16. The van der Waals surface area contributed by atoms with E-state index >= 15 is 0 Å². The number of para-hydroxylation sites is 4. The Morgan fingerprint density at radius 2 is 0.704 bits per heavy atom. The van der Waals surface area contributed by atoms with Crippen molar-refractivity contribution >= 4 is 58.3 Å². The lowest BCUT2D eigenvalue weighted by molar-refractivity contribution is 0.0680. The van der Waals surface area contributed by atoms with Crippen molar-refractivity contribution in [3.63, 3.8) is 0 Å². The van der Waals surface area contributed by atoms with Crippen LogP contribution < -0.4 is 18.9 Å². The molecule has 12 heteroatoms. The Kier molecular flexibility index (Phi) is 14.5. The second kappa shape index (κ2) is 19.6. The number of benzene rings is 6. The maximum Gasteiger partial charge on any atom is 0.339 e. The van der Waals surface area contributed by atoms with Gasteiger partial charge >= 0.3 is 11.9 Å². The molecule has 2 N–H and O–H groups in total. The second-order valence-electron chi connectivity index (χ2n) is 11.4. The molecule has 6 aromatic rings. The summed E-state index contributed by atoms with van der Waals surface area (Å²) in [5, 5.41) is 21.1. The Balaban J connectivity index is 0.000000208. The van der Waals surface area contributed by atoms with E-state index in [0.717, 1.165) is 11.1 Å². The van der Waals surface area contributed by atoms with Gasteiger partial charge in [-0.25, -0.2) is 9.59 Å². The normalized spacial score (nSPS) is 10.4. The number of carboxylic acid groups (broad SMARTS) is 2. The van der Waals surface area contributed by atoms with Gasteiger partial charge in [0.1, 0.15) is 60.6 Å². The Labute approximate surface area is 331 Å². The van der Waals surface area contributed by atoms with Gasteiger partial charge in [-0.1, -0.05) is 131 Å². The molecule has 6 aromatic carbocycles. The Morgan fingerprint density at radius 3 is 1.06 bits per heavy atom. The topological polar surface area (TPSA) is 112 Å². The largest absolute Gasteiger partial charge is 0.488 e. The third-order valence-corrected chi connectivity index (χ3v) is 9.12. The fourth-order valence-corrected chi connectivity index (χ4v) is 5.80. The van der Waals surface area contributed by atoms with E-state index in [1.54, 1.807) is 72.8 Å². The maximum absolute atomic E-state index is 11.6. The zero-order chi connectivity index (χ0) is 38.5. The summed E-state index contributed by atoms with van der Waals surface area (Å²) in [5.41, 5.74) is 2.84. The van der Waals surface area contributed by atoms with E-state index < -0.39 is 11.9 Å². The first-order valence-corrected chi connectivity index (χ1v) is 17.8. The Bertz CT molecular complexity index is 2070. The molecule has 6 rings (SSSR count). The van der Waals surface area contributed by atoms with Crippen molar-refractivity contribution in [1.29, 1.82) is 0 Å². The van der Waals surface area contributed by atoms with Gasteiger partial charge < -0.3 is 29.2 Å². The molecule has 0 aliphatic carbocycles. The zero-order valence-corrected chi connectivity index (χ0v) is 31.4. The van der Waals surface area contributed by atoms with Crippen LogP contribution in [0.3, 0.4) is 0 Å². The van der Waals surface area contributed by atoms with Crippen LogP contribution in [0, 0.1) is 0 Å². The lowest BCUT2D eigenvalue weighted by atomic mass is 10.1. The van der Waals surface area contributed by atoms with Crippen molar-refractivity contribution in [1.82, 2.24) is 0 Å². The van der Waals surface area contributed by atoms with Gasteiger partial charge in [0.05, 0.1) is 10.0 Å². The van der Waals surface area contributed by atoms with Gasteiger partial charge in [-0.2, -0.15) is 0 Å². The molecule has 0 saturated heterocycles. The molecule has 0 bridgehead atoms. The molecule has 54 heavy (non-hydrogen) atoms. The minimum Gasteiger partial charge on any atom is -0.488 e. The quantitative estimate of drug-likeness (QED) is 0.112. The first-order valence-electron chi connectivity index (χ1n) is 16.3. The predicted octanol–water partition coefficient (Wildman–Crippen LogP) is 11.7. The Hall–Kier alpha value is -5.38. The van der Waals surface area contributed by atoms with Gasteiger partial charge in [-0.3, -0.25) is 0 Å². The highest BCUT2D eigenvalue weighted by molar-refractivity contribution is 6.32. The summed E-state index contributed by atoms with van der Waals surface area (Å²) in [6, 6.07) is 38.4. The summed E-state index contributed by atoms with van der Waals surface area (Å²) in [6.45, 7) is 0.511. The average molecular weight is 807 g/mol. The van der Waals surface area contributed by atoms with Crippen LogP contribution in [0.15, 0.2) is 133 Å². The first kappa shape index (κ1) is 39.8. The van der Waals surface area contributed by atoms with Crippen molar-refractivity contribution in [2.45, 2.75) is 26.4 Å². The van der Waals surface area contributed by atoms with Crippen molar-refractivity contribution in [3.8, 4) is 23.0 Å². The molecule has 0 atom stereocenters. The molecular weight excluding hydrogens is 774 g/mol. The Morgan fingerprint density at radius 1 is 0.389 bits per heavy atom. The first-order chi connectivity index (χ1) is 26.1. The van der Waals surface area contributed by atoms with Crippen LogP contribution in [0.25, 0.3) is 0 Å². The SMILES string of the molecule is O=C(O)c1cccc(COc2ccccc2Cl)c1OCc1ccccc1Cl.O=C(O)c1cccc(COc2ccccc2Cl)c1OCc1ccccc1Cl. The van der Waals surface area contributed by atoms with E-state index in [1.807, 2.05) is 48.5 Å². The molecule has 276 valence electrons. The monoisotopic (exact) mass is 804 g/mol. The van der Waals surface area contributed by atoms with Crippen LogP contribution in [-0.2, 0) is 26.4 Å². The van der Waals surface area contributed by atoms with Crippen molar-refractivity contribution in [2.75, 3.05) is 0 Å². The van der Waals surface area contributed by atoms with E-state index in [9.17, 15) is 19.8 Å². The molecule has 0 spiro atoms. The van der Waals surface area contributed by atoms with E-state index in [0.29, 0.717) is 42.7 Å². The number of rotatable bonds is 14. The molecule has 0 heterocycles. The number of hydrogen-bond donors (Lipinski definition) is 2. The molecule has 0 aromatic heterocycles. The van der Waals surface area contributed by atoms with Crippen LogP contribution in [-0.4, -0.2) is 22.2 Å². The molecule has 0 aliphatic heterocycles. The zero-order valence-electron chi connectivity index (χ0n) is 28.4. The van der Waals surface area contributed by atoms with E-state index in [1.165, 1.54) is 12.1 Å². The summed E-state index contributed by atoms with van der Waals surface area (Å²) in [5.74, 6) is -0.643. The molecular formula is C42H32Cl4O8. The van der Waals surface area contributed by atoms with Gasteiger partial charge in [-0.15, -0.1) is 0 Å². The fraction of sp³-hybridized carbons (Fsp3) is 0.0952.